The molecule has 1 atom stereocenters. The molecule has 3 aliphatic heterocycles. The first-order chi connectivity index (χ1) is 13.5. The van der Waals surface area contributed by atoms with Crippen molar-refractivity contribution in [1.29, 1.82) is 0 Å². The van der Waals surface area contributed by atoms with Crippen molar-refractivity contribution in [1.82, 2.24) is 14.7 Å². The minimum absolute atomic E-state index is 0.0410. The van der Waals surface area contributed by atoms with Crippen molar-refractivity contribution in [2.24, 2.45) is 0 Å². The van der Waals surface area contributed by atoms with Crippen LogP contribution in [0.5, 0.6) is 0 Å². The smallest absolute Gasteiger partial charge is 0.277 e. The molecule has 0 spiro atoms. The summed E-state index contributed by atoms with van der Waals surface area (Å²) in [5, 5.41) is 0. The first kappa shape index (κ1) is 19.2. The average molecular weight is 383 g/mol. The predicted molar refractivity (Wildman–Crippen MR) is 108 cm³/mol. The van der Waals surface area contributed by atoms with Gasteiger partial charge in [0.25, 0.3) is 11.8 Å². The number of ether oxygens (including phenoxy) is 1. The Morgan fingerprint density at radius 1 is 1.04 bits per heavy atom. The largest absolute Gasteiger partial charge is 0.376 e. The van der Waals surface area contributed by atoms with Crippen LogP contribution >= 0.6 is 0 Å². The predicted octanol–water partition coefficient (Wildman–Crippen LogP) is 1.81. The van der Waals surface area contributed by atoms with E-state index in [-0.39, 0.29) is 17.9 Å². The van der Waals surface area contributed by atoms with Crippen molar-refractivity contribution in [3.8, 4) is 0 Å². The highest BCUT2D eigenvalue weighted by Crippen LogP contribution is 2.33. The lowest BCUT2D eigenvalue weighted by molar-refractivity contribution is -0.139. The SMILES string of the molecule is Cc1ccc(C2=C(N3CCN(C)CC3)C(=O)N(CC3CCCO3)C2=O)cc1C. The Morgan fingerprint density at radius 3 is 2.43 bits per heavy atom. The molecule has 0 aromatic heterocycles. The van der Waals surface area contributed by atoms with Gasteiger partial charge in [-0.25, -0.2) is 0 Å². The molecule has 1 aromatic rings. The van der Waals surface area contributed by atoms with E-state index in [0.717, 1.165) is 50.1 Å². The van der Waals surface area contributed by atoms with E-state index in [9.17, 15) is 9.59 Å². The molecule has 0 radical (unpaired) electrons. The molecule has 3 heterocycles. The number of hydrogen-bond donors (Lipinski definition) is 0. The quantitative estimate of drug-likeness (QED) is 0.743. The Bertz CT molecular complexity index is 818. The molecule has 150 valence electrons. The Labute approximate surface area is 166 Å². The number of carbonyl (C=O) groups is 2. The zero-order valence-corrected chi connectivity index (χ0v) is 17.0. The van der Waals surface area contributed by atoms with Gasteiger partial charge in [-0.05, 0) is 50.4 Å². The molecule has 2 amide bonds. The second-order valence-electron chi connectivity index (χ2n) is 8.17. The minimum atomic E-state index is -0.183. The van der Waals surface area contributed by atoms with Gasteiger partial charge in [0.05, 0.1) is 18.2 Å². The number of imide groups is 1. The van der Waals surface area contributed by atoms with Gasteiger partial charge in [-0.1, -0.05) is 18.2 Å². The summed E-state index contributed by atoms with van der Waals surface area (Å²) in [4.78, 5) is 32.5. The van der Waals surface area contributed by atoms with Crippen LogP contribution < -0.4 is 0 Å². The monoisotopic (exact) mass is 383 g/mol. The number of likely N-dealkylation sites (N-methyl/N-ethyl adjacent to an activating group) is 1. The summed E-state index contributed by atoms with van der Waals surface area (Å²) in [6, 6.07) is 6.02. The van der Waals surface area contributed by atoms with Crippen LogP contribution in [0.2, 0.25) is 0 Å². The highest BCUT2D eigenvalue weighted by molar-refractivity contribution is 6.35. The van der Waals surface area contributed by atoms with Crippen molar-refractivity contribution in [2.75, 3.05) is 46.4 Å². The highest BCUT2D eigenvalue weighted by atomic mass is 16.5. The van der Waals surface area contributed by atoms with Gasteiger partial charge in [0.1, 0.15) is 5.70 Å². The van der Waals surface area contributed by atoms with Gasteiger partial charge in [0.2, 0.25) is 0 Å². The first-order valence-corrected chi connectivity index (χ1v) is 10.2. The van der Waals surface area contributed by atoms with E-state index >= 15 is 0 Å². The third-order valence-corrected chi connectivity index (χ3v) is 6.17. The highest BCUT2D eigenvalue weighted by Gasteiger charge is 2.43. The summed E-state index contributed by atoms with van der Waals surface area (Å²) in [5.74, 6) is -0.351. The molecule has 1 unspecified atom stereocenters. The third-order valence-electron chi connectivity index (χ3n) is 6.17. The maximum Gasteiger partial charge on any atom is 0.277 e. The van der Waals surface area contributed by atoms with Gasteiger partial charge in [-0.3, -0.25) is 14.5 Å². The van der Waals surface area contributed by atoms with Crippen LogP contribution in [0.15, 0.2) is 23.9 Å². The minimum Gasteiger partial charge on any atom is -0.376 e. The normalized spacial score (nSPS) is 24.0. The summed E-state index contributed by atoms with van der Waals surface area (Å²) in [6.07, 6.45) is 1.85. The number of benzene rings is 1. The van der Waals surface area contributed by atoms with Crippen LogP contribution in [-0.2, 0) is 14.3 Å². The Kier molecular flexibility index (Phi) is 5.25. The molecule has 0 bridgehead atoms. The Balaban J connectivity index is 1.71. The van der Waals surface area contributed by atoms with E-state index in [1.807, 2.05) is 25.1 Å². The Hall–Kier alpha value is -2.18. The second kappa shape index (κ2) is 7.68. The molecule has 0 N–H and O–H groups in total. The van der Waals surface area contributed by atoms with Gasteiger partial charge in [0.15, 0.2) is 0 Å². The van der Waals surface area contributed by atoms with Crippen molar-refractivity contribution in [3.05, 3.63) is 40.6 Å². The number of piperazine rings is 1. The zero-order valence-electron chi connectivity index (χ0n) is 17.0. The maximum atomic E-state index is 13.4. The van der Waals surface area contributed by atoms with E-state index in [1.54, 1.807) is 0 Å². The maximum absolute atomic E-state index is 13.4. The summed E-state index contributed by atoms with van der Waals surface area (Å²) < 4.78 is 5.70. The number of hydrogen-bond acceptors (Lipinski definition) is 5. The van der Waals surface area contributed by atoms with Gasteiger partial charge in [-0.2, -0.15) is 0 Å². The fraction of sp³-hybridized carbons (Fsp3) is 0.545. The molecule has 2 fully saturated rings. The number of amides is 2. The molecule has 4 rings (SSSR count). The molecule has 1 aromatic carbocycles. The van der Waals surface area contributed by atoms with Crippen molar-refractivity contribution >= 4 is 17.4 Å². The van der Waals surface area contributed by atoms with Gasteiger partial charge in [0, 0.05) is 32.8 Å². The van der Waals surface area contributed by atoms with Crippen LogP contribution in [0.25, 0.3) is 5.57 Å². The second-order valence-corrected chi connectivity index (χ2v) is 8.17. The Morgan fingerprint density at radius 2 is 1.79 bits per heavy atom. The fourth-order valence-corrected chi connectivity index (χ4v) is 4.20. The molecular formula is C22H29N3O3. The van der Waals surface area contributed by atoms with Crippen LogP contribution in [0.3, 0.4) is 0 Å². The summed E-state index contributed by atoms with van der Waals surface area (Å²) in [7, 11) is 2.08. The lowest BCUT2D eigenvalue weighted by atomic mass is 9.99. The van der Waals surface area contributed by atoms with E-state index in [1.165, 1.54) is 10.5 Å². The van der Waals surface area contributed by atoms with E-state index < -0.39 is 0 Å². The third kappa shape index (κ3) is 3.47. The van der Waals surface area contributed by atoms with Crippen molar-refractivity contribution in [3.63, 3.8) is 0 Å². The number of rotatable bonds is 4. The molecule has 2 saturated heterocycles. The summed E-state index contributed by atoms with van der Waals surface area (Å²) in [6.45, 7) is 8.45. The molecule has 0 aliphatic carbocycles. The molecular weight excluding hydrogens is 354 g/mol. The van der Waals surface area contributed by atoms with Gasteiger partial charge >= 0.3 is 0 Å². The van der Waals surface area contributed by atoms with Crippen molar-refractivity contribution in [2.45, 2.75) is 32.8 Å². The fourth-order valence-electron chi connectivity index (χ4n) is 4.20. The molecule has 0 saturated carbocycles. The lowest BCUT2D eigenvalue weighted by Gasteiger charge is -2.34. The number of carbonyl (C=O) groups excluding carboxylic acids is 2. The van der Waals surface area contributed by atoms with E-state index in [2.05, 4.69) is 23.8 Å². The molecule has 6 heteroatoms. The van der Waals surface area contributed by atoms with E-state index in [0.29, 0.717) is 24.4 Å². The topological polar surface area (TPSA) is 53.1 Å². The van der Waals surface area contributed by atoms with Gasteiger partial charge in [-0.15, -0.1) is 0 Å². The van der Waals surface area contributed by atoms with Crippen molar-refractivity contribution < 1.29 is 14.3 Å². The van der Waals surface area contributed by atoms with Gasteiger partial charge < -0.3 is 14.5 Å². The van der Waals surface area contributed by atoms with Crippen LogP contribution in [0.4, 0.5) is 0 Å². The lowest BCUT2D eigenvalue weighted by Crippen LogP contribution is -2.46. The summed E-state index contributed by atoms with van der Waals surface area (Å²) in [5.41, 5.74) is 4.26. The van der Waals surface area contributed by atoms with Crippen LogP contribution in [0.1, 0.15) is 29.5 Å². The molecule has 28 heavy (non-hydrogen) atoms. The number of aryl methyl sites for hydroxylation is 2. The standard InChI is InChI=1S/C22H29N3O3/c1-15-6-7-17(13-16(15)2)19-20(24-10-8-23(3)9-11-24)22(27)25(21(19)26)14-18-5-4-12-28-18/h6-7,13,18H,4-5,8-12,14H2,1-3H3. The molecule has 3 aliphatic rings. The van der Waals surface area contributed by atoms with E-state index in [4.69, 9.17) is 4.74 Å². The molecule has 6 nitrogen and oxygen atoms in total. The summed E-state index contributed by atoms with van der Waals surface area (Å²) >= 11 is 0. The first-order valence-electron chi connectivity index (χ1n) is 10.2. The average Bonchev–Trinajstić information content (AvgIpc) is 3.27. The van der Waals surface area contributed by atoms with Crippen LogP contribution in [-0.4, -0.2) is 79.0 Å². The zero-order chi connectivity index (χ0) is 19.8. The van der Waals surface area contributed by atoms with Crippen LogP contribution in [0, 0.1) is 13.8 Å². The number of nitrogens with zero attached hydrogens (tertiary/aromatic N) is 3.